The van der Waals surface area contributed by atoms with Gasteiger partial charge < -0.3 is 4.42 Å². The lowest BCUT2D eigenvalue weighted by Crippen LogP contribution is -2.43. The maximum absolute atomic E-state index is 6.22. The first-order valence-electron chi connectivity index (χ1n) is 7.56. The number of hydrazone groups is 1. The quantitative estimate of drug-likeness (QED) is 0.805. The van der Waals surface area contributed by atoms with Crippen molar-refractivity contribution in [3.8, 4) is 11.3 Å². The Bertz CT molecular complexity index is 645. The number of piperazine rings is 1. The third-order valence-corrected chi connectivity index (χ3v) is 4.14. The summed E-state index contributed by atoms with van der Waals surface area (Å²) >= 11 is 6.22. The first kappa shape index (κ1) is 15.1. The van der Waals surface area contributed by atoms with Crippen LogP contribution >= 0.6 is 11.6 Å². The van der Waals surface area contributed by atoms with Crippen LogP contribution in [0, 0.1) is 0 Å². The van der Waals surface area contributed by atoms with E-state index in [1.807, 2.05) is 49.5 Å². The number of furan rings is 1. The van der Waals surface area contributed by atoms with Crippen LogP contribution in [0.4, 0.5) is 0 Å². The highest BCUT2D eigenvalue weighted by atomic mass is 35.5. The predicted molar refractivity (Wildman–Crippen MR) is 90.2 cm³/mol. The maximum Gasteiger partial charge on any atom is 0.135 e. The van der Waals surface area contributed by atoms with Crippen LogP contribution in [0.25, 0.3) is 11.3 Å². The molecule has 2 aromatic rings. The zero-order chi connectivity index (χ0) is 15.4. The normalized spacial score (nSPS) is 16.5. The Labute approximate surface area is 136 Å². The second-order valence-electron chi connectivity index (χ2n) is 5.35. The Kier molecular flexibility index (Phi) is 4.80. The minimum Gasteiger partial charge on any atom is -0.460 e. The average molecular weight is 318 g/mol. The molecule has 1 aliphatic rings. The van der Waals surface area contributed by atoms with E-state index in [1.165, 1.54) is 0 Å². The highest BCUT2D eigenvalue weighted by molar-refractivity contribution is 6.33. The molecule has 0 bridgehead atoms. The van der Waals surface area contributed by atoms with Crippen LogP contribution in [0.5, 0.6) is 0 Å². The zero-order valence-electron chi connectivity index (χ0n) is 12.7. The molecule has 0 saturated carbocycles. The summed E-state index contributed by atoms with van der Waals surface area (Å²) < 4.78 is 5.96. The van der Waals surface area contributed by atoms with Gasteiger partial charge in [-0.1, -0.05) is 23.7 Å². The second-order valence-corrected chi connectivity index (χ2v) is 5.76. The highest BCUT2D eigenvalue weighted by Gasteiger charge is 2.17. The molecule has 116 valence electrons. The van der Waals surface area contributed by atoms with Crippen LogP contribution in [0.3, 0.4) is 0 Å². The van der Waals surface area contributed by atoms with Crippen LogP contribution in [-0.2, 0) is 6.54 Å². The van der Waals surface area contributed by atoms with Crippen molar-refractivity contribution < 1.29 is 4.42 Å². The van der Waals surface area contributed by atoms with Gasteiger partial charge in [0.2, 0.25) is 0 Å². The van der Waals surface area contributed by atoms with Crippen molar-refractivity contribution in [3.05, 3.63) is 47.2 Å². The Balaban J connectivity index is 1.62. The van der Waals surface area contributed by atoms with Gasteiger partial charge in [-0.05, 0) is 31.2 Å². The standard InChI is InChI=1S/C17H20ClN3O/c1-2-19-21-11-9-20(10-12-21)13-14-7-8-17(22-14)15-5-3-4-6-16(15)18/h2-8H,9-13H2,1H3/b19-2+. The highest BCUT2D eigenvalue weighted by Crippen LogP contribution is 2.29. The topological polar surface area (TPSA) is 32.0 Å². The Morgan fingerprint density at radius 2 is 1.91 bits per heavy atom. The molecule has 1 aliphatic heterocycles. The molecule has 5 heteroatoms. The van der Waals surface area contributed by atoms with E-state index in [9.17, 15) is 0 Å². The predicted octanol–water partition coefficient (Wildman–Crippen LogP) is 3.72. The zero-order valence-corrected chi connectivity index (χ0v) is 13.5. The lowest BCUT2D eigenvalue weighted by Gasteiger charge is -2.32. The molecule has 22 heavy (non-hydrogen) atoms. The number of hydrogen-bond donors (Lipinski definition) is 0. The van der Waals surface area contributed by atoms with Gasteiger partial charge in [0.1, 0.15) is 11.5 Å². The first-order chi connectivity index (χ1) is 10.8. The van der Waals surface area contributed by atoms with Gasteiger partial charge in [-0.25, -0.2) is 0 Å². The summed E-state index contributed by atoms with van der Waals surface area (Å²) in [4.78, 5) is 2.39. The van der Waals surface area contributed by atoms with Crippen LogP contribution in [0.2, 0.25) is 5.02 Å². The number of benzene rings is 1. The number of halogens is 1. The van der Waals surface area contributed by atoms with Gasteiger partial charge in [0.05, 0.1) is 11.6 Å². The van der Waals surface area contributed by atoms with Crippen molar-refractivity contribution >= 4 is 17.8 Å². The Hall–Kier alpha value is -1.78. The van der Waals surface area contributed by atoms with Crippen molar-refractivity contribution in [3.63, 3.8) is 0 Å². The minimum absolute atomic E-state index is 0.717. The van der Waals surface area contributed by atoms with Gasteiger partial charge in [-0.2, -0.15) is 5.10 Å². The van der Waals surface area contributed by atoms with Gasteiger partial charge in [-0.3, -0.25) is 9.91 Å². The molecule has 0 amide bonds. The molecule has 4 nitrogen and oxygen atoms in total. The third kappa shape index (κ3) is 3.51. The maximum atomic E-state index is 6.22. The first-order valence-corrected chi connectivity index (χ1v) is 7.93. The van der Waals surface area contributed by atoms with E-state index >= 15 is 0 Å². The Morgan fingerprint density at radius 1 is 1.14 bits per heavy atom. The molecular formula is C17H20ClN3O. The van der Waals surface area contributed by atoms with Crippen molar-refractivity contribution in [1.82, 2.24) is 9.91 Å². The summed E-state index contributed by atoms with van der Waals surface area (Å²) in [6, 6.07) is 11.8. The largest absolute Gasteiger partial charge is 0.460 e. The third-order valence-electron chi connectivity index (χ3n) is 3.81. The molecule has 0 unspecified atom stereocenters. The number of rotatable bonds is 4. The Morgan fingerprint density at radius 3 is 2.64 bits per heavy atom. The van der Waals surface area contributed by atoms with E-state index in [0.717, 1.165) is 54.8 Å². The number of nitrogens with zero attached hydrogens (tertiary/aromatic N) is 3. The van der Waals surface area contributed by atoms with Gasteiger partial charge in [-0.15, -0.1) is 0 Å². The average Bonchev–Trinajstić information content (AvgIpc) is 2.98. The lowest BCUT2D eigenvalue weighted by molar-refractivity contribution is 0.125. The molecule has 3 rings (SSSR count). The SMILES string of the molecule is C/C=N/N1CCN(Cc2ccc(-c3ccccc3Cl)o2)CC1. The second kappa shape index (κ2) is 6.99. The van der Waals surface area contributed by atoms with Crippen molar-refractivity contribution in [2.24, 2.45) is 5.10 Å². The smallest absolute Gasteiger partial charge is 0.135 e. The molecule has 2 heterocycles. The molecular weight excluding hydrogens is 298 g/mol. The summed E-state index contributed by atoms with van der Waals surface area (Å²) in [5.41, 5.74) is 0.942. The fourth-order valence-electron chi connectivity index (χ4n) is 2.66. The van der Waals surface area contributed by atoms with Gasteiger partial charge in [0.15, 0.2) is 0 Å². The fourth-order valence-corrected chi connectivity index (χ4v) is 2.89. The molecule has 1 aromatic carbocycles. The van der Waals surface area contributed by atoms with E-state index in [0.29, 0.717) is 0 Å². The molecule has 0 aliphatic carbocycles. The van der Waals surface area contributed by atoms with Crippen LogP contribution < -0.4 is 0 Å². The summed E-state index contributed by atoms with van der Waals surface area (Å²) in [5.74, 6) is 1.80. The van der Waals surface area contributed by atoms with Crippen molar-refractivity contribution in [1.29, 1.82) is 0 Å². The van der Waals surface area contributed by atoms with E-state index in [-0.39, 0.29) is 0 Å². The van der Waals surface area contributed by atoms with Gasteiger partial charge >= 0.3 is 0 Å². The summed E-state index contributed by atoms with van der Waals surface area (Å²) in [6.07, 6.45) is 1.85. The van der Waals surface area contributed by atoms with E-state index in [2.05, 4.69) is 15.0 Å². The molecule has 1 aromatic heterocycles. The minimum atomic E-state index is 0.717. The molecule has 0 radical (unpaired) electrons. The van der Waals surface area contributed by atoms with Crippen molar-refractivity contribution in [2.45, 2.75) is 13.5 Å². The van der Waals surface area contributed by atoms with Crippen LogP contribution in [0.15, 0.2) is 45.9 Å². The monoisotopic (exact) mass is 317 g/mol. The summed E-state index contributed by atoms with van der Waals surface area (Å²) in [7, 11) is 0. The molecule has 1 saturated heterocycles. The number of hydrogen-bond acceptors (Lipinski definition) is 4. The van der Waals surface area contributed by atoms with E-state index < -0.39 is 0 Å². The molecule has 0 N–H and O–H groups in total. The summed E-state index contributed by atoms with van der Waals surface area (Å²) in [6.45, 7) is 6.70. The van der Waals surface area contributed by atoms with Gasteiger partial charge in [0.25, 0.3) is 0 Å². The van der Waals surface area contributed by atoms with E-state index in [1.54, 1.807) is 0 Å². The molecule has 0 spiro atoms. The van der Waals surface area contributed by atoms with Crippen LogP contribution in [0.1, 0.15) is 12.7 Å². The van der Waals surface area contributed by atoms with E-state index in [4.69, 9.17) is 16.0 Å². The van der Waals surface area contributed by atoms with Gasteiger partial charge in [0, 0.05) is 38.0 Å². The van der Waals surface area contributed by atoms with Crippen molar-refractivity contribution in [2.75, 3.05) is 26.2 Å². The molecule has 1 fully saturated rings. The lowest BCUT2D eigenvalue weighted by atomic mass is 10.2. The summed E-state index contributed by atoms with van der Waals surface area (Å²) in [5, 5.41) is 7.14. The molecule has 0 atom stereocenters. The fraction of sp³-hybridized carbons (Fsp3) is 0.353. The van der Waals surface area contributed by atoms with Crippen LogP contribution in [-0.4, -0.2) is 42.3 Å².